The minimum Gasteiger partial charge on any atom is -0.356 e. The van der Waals surface area contributed by atoms with Gasteiger partial charge < -0.3 is 9.88 Å². The number of rotatable bonds is 4. The highest BCUT2D eigenvalue weighted by Gasteiger charge is 2.41. The van der Waals surface area contributed by atoms with Crippen molar-refractivity contribution < 1.29 is 9.59 Å². The summed E-state index contributed by atoms with van der Waals surface area (Å²) >= 11 is 1.63. The van der Waals surface area contributed by atoms with Crippen molar-refractivity contribution in [1.82, 2.24) is 9.47 Å². The van der Waals surface area contributed by atoms with Gasteiger partial charge in [-0.25, -0.2) is 0 Å². The summed E-state index contributed by atoms with van der Waals surface area (Å²) in [4.78, 5) is 26.8. The molecule has 2 aromatic heterocycles. The van der Waals surface area contributed by atoms with Gasteiger partial charge in [0.15, 0.2) is 0 Å². The van der Waals surface area contributed by atoms with Crippen LogP contribution in [-0.4, -0.2) is 27.8 Å². The van der Waals surface area contributed by atoms with Gasteiger partial charge in [-0.3, -0.25) is 14.5 Å². The Labute approximate surface area is 180 Å². The molecule has 2 aliphatic heterocycles. The first-order chi connectivity index (χ1) is 14.5. The quantitative estimate of drug-likeness (QED) is 0.651. The lowest BCUT2D eigenvalue weighted by molar-refractivity contribution is -0.139. The van der Waals surface area contributed by atoms with Gasteiger partial charge in [-0.2, -0.15) is 11.3 Å². The molecule has 4 heterocycles. The molecule has 0 saturated carbocycles. The lowest BCUT2D eigenvalue weighted by atomic mass is 9.86. The zero-order chi connectivity index (χ0) is 21.0. The van der Waals surface area contributed by atoms with E-state index in [2.05, 4.69) is 65.0 Å². The Morgan fingerprint density at radius 2 is 2.13 bits per heavy atom. The summed E-state index contributed by atoms with van der Waals surface area (Å²) < 4.78 is 2.32. The van der Waals surface area contributed by atoms with Crippen molar-refractivity contribution >= 4 is 39.7 Å². The van der Waals surface area contributed by atoms with Crippen molar-refractivity contribution in [2.45, 2.75) is 39.7 Å². The third kappa shape index (κ3) is 2.89. The van der Waals surface area contributed by atoms with Gasteiger partial charge in [0.25, 0.3) is 5.91 Å². The van der Waals surface area contributed by atoms with Crippen LogP contribution >= 0.6 is 11.3 Å². The van der Waals surface area contributed by atoms with Crippen LogP contribution in [0.1, 0.15) is 44.2 Å². The third-order valence-electron chi connectivity index (χ3n) is 6.14. The van der Waals surface area contributed by atoms with Crippen LogP contribution in [-0.2, 0) is 16.1 Å². The molecule has 6 heteroatoms. The largest absolute Gasteiger partial charge is 0.356 e. The number of hydrogen-bond acceptors (Lipinski definition) is 4. The van der Waals surface area contributed by atoms with E-state index in [9.17, 15) is 9.59 Å². The number of carbonyl (C=O) groups excluding carboxylic acids is 2. The molecule has 5 rings (SSSR count). The highest BCUT2D eigenvalue weighted by atomic mass is 32.1. The molecule has 3 aromatic rings. The number of nitrogens with one attached hydrogen (secondary N) is 1. The summed E-state index contributed by atoms with van der Waals surface area (Å²) in [6.45, 7) is 7.17. The summed E-state index contributed by atoms with van der Waals surface area (Å²) in [6, 6.07) is 8.38. The van der Waals surface area contributed by atoms with Gasteiger partial charge in [0.2, 0.25) is 5.91 Å². The van der Waals surface area contributed by atoms with Crippen LogP contribution in [0.5, 0.6) is 0 Å². The Morgan fingerprint density at radius 3 is 2.83 bits per heavy atom. The van der Waals surface area contributed by atoms with E-state index in [1.54, 1.807) is 11.3 Å². The fraction of sp³-hybridized carbons (Fsp3) is 0.333. The fourth-order valence-electron chi connectivity index (χ4n) is 4.64. The summed E-state index contributed by atoms with van der Waals surface area (Å²) in [5, 5.41) is 8.87. The summed E-state index contributed by atoms with van der Waals surface area (Å²) in [6.07, 6.45) is 3.31. The molecule has 5 nitrogen and oxygen atoms in total. The lowest BCUT2D eigenvalue weighted by Gasteiger charge is -2.18. The molecule has 0 fully saturated rings. The standard InChI is InChI=1S/C24H25N3O2S/c1-14(2)7-9-26-11-17-21(16-8-10-30-13-16)23-19(12-27(15(3)28)24(23)29)25-18-5-4-6-20(26)22(17)18/h4-6,8,10-11,13-14,21,25H,7,9,12H2,1-3H3/t21-/m1/s1. The smallest absolute Gasteiger partial charge is 0.259 e. The van der Waals surface area contributed by atoms with Gasteiger partial charge in [0.1, 0.15) is 0 Å². The van der Waals surface area contributed by atoms with Crippen molar-refractivity contribution in [3.8, 4) is 0 Å². The first-order valence-corrected chi connectivity index (χ1v) is 11.4. The first-order valence-electron chi connectivity index (χ1n) is 10.4. The van der Waals surface area contributed by atoms with Gasteiger partial charge in [0.05, 0.1) is 17.6 Å². The highest BCUT2D eigenvalue weighted by molar-refractivity contribution is 7.08. The normalized spacial score (nSPS) is 18.2. The average Bonchev–Trinajstić information content (AvgIpc) is 3.40. The number of aryl methyl sites for hydroxylation is 1. The number of hydrogen-bond donors (Lipinski definition) is 1. The molecule has 2 aliphatic rings. The van der Waals surface area contributed by atoms with Crippen LogP contribution < -0.4 is 5.32 Å². The number of anilines is 1. The fourth-order valence-corrected chi connectivity index (χ4v) is 5.33. The van der Waals surface area contributed by atoms with Gasteiger partial charge in [0, 0.05) is 42.4 Å². The molecule has 0 unspecified atom stereocenters. The van der Waals surface area contributed by atoms with Crippen molar-refractivity contribution in [1.29, 1.82) is 0 Å². The number of carbonyl (C=O) groups is 2. The van der Waals surface area contributed by atoms with E-state index in [-0.39, 0.29) is 17.7 Å². The van der Waals surface area contributed by atoms with Crippen molar-refractivity contribution in [3.05, 3.63) is 63.6 Å². The summed E-state index contributed by atoms with van der Waals surface area (Å²) in [5.41, 5.74) is 5.97. The Hall–Kier alpha value is -2.86. The molecular weight excluding hydrogens is 394 g/mol. The number of amides is 2. The van der Waals surface area contributed by atoms with Gasteiger partial charge >= 0.3 is 0 Å². The molecule has 0 radical (unpaired) electrons. The predicted octanol–water partition coefficient (Wildman–Crippen LogP) is 4.95. The van der Waals surface area contributed by atoms with Crippen molar-refractivity contribution in [2.75, 3.05) is 11.9 Å². The van der Waals surface area contributed by atoms with Crippen LogP contribution in [0.3, 0.4) is 0 Å². The molecule has 0 spiro atoms. The van der Waals surface area contributed by atoms with Crippen LogP contribution in [0.25, 0.3) is 10.9 Å². The molecule has 1 atom stereocenters. The highest BCUT2D eigenvalue weighted by Crippen LogP contribution is 2.46. The van der Waals surface area contributed by atoms with Gasteiger partial charge in [-0.15, -0.1) is 0 Å². The average molecular weight is 420 g/mol. The zero-order valence-corrected chi connectivity index (χ0v) is 18.3. The van der Waals surface area contributed by atoms with Crippen LogP contribution in [0.4, 0.5) is 5.69 Å². The molecule has 0 aliphatic carbocycles. The maximum Gasteiger partial charge on any atom is 0.259 e. The summed E-state index contributed by atoms with van der Waals surface area (Å²) in [7, 11) is 0. The maximum absolute atomic E-state index is 13.3. The molecule has 30 heavy (non-hydrogen) atoms. The zero-order valence-electron chi connectivity index (χ0n) is 17.4. The number of aromatic nitrogens is 1. The third-order valence-corrected chi connectivity index (χ3v) is 6.84. The molecule has 0 saturated heterocycles. The minimum atomic E-state index is -0.216. The van der Waals surface area contributed by atoms with Crippen LogP contribution in [0, 0.1) is 5.92 Å². The molecule has 1 N–H and O–H groups in total. The number of imide groups is 1. The Morgan fingerprint density at radius 1 is 1.30 bits per heavy atom. The number of benzene rings is 1. The minimum absolute atomic E-state index is 0.179. The summed E-state index contributed by atoms with van der Waals surface area (Å²) in [5.74, 6) is 0.0358. The van der Waals surface area contributed by atoms with E-state index in [4.69, 9.17) is 0 Å². The number of thiophene rings is 1. The van der Waals surface area contributed by atoms with Crippen molar-refractivity contribution in [2.24, 2.45) is 5.92 Å². The van der Waals surface area contributed by atoms with Crippen molar-refractivity contribution in [3.63, 3.8) is 0 Å². The molecule has 1 aromatic carbocycles. The van der Waals surface area contributed by atoms with Gasteiger partial charge in [-0.05, 0) is 52.4 Å². The van der Waals surface area contributed by atoms with E-state index >= 15 is 0 Å². The first kappa shape index (κ1) is 19.1. The van der Waals surface area contributed by atoms with E-state index in [0.717, 1.165) is 35.5 Å². The Kier molecular flexibility index (Phi) is 4.54. The Balaban J connectivity index is 1.73. The molecular formula is C24H25N3O2S. The predicted molar refractivity (Wildman–Crippen MR) is 121 cm³/mol. The Bertz CT molecular complexity index is 1190. The van der Waals surface area contributed by atoms with Crippen LogP contribution in [0.15, 0.2) is 52.5 Å². The van der Waals surface area contributed by atoms with E-state index < -0.39 is 0 Å². The monoisotopic (exact) mass is 419 g/mol. The second kappa shape index (κ2) is 7.13. The van der Waals surface area contributed by atoms with Crippen LogP contribution in [0.2, 0.25) is 0 Å². The number of nitrogens with zero attached hydrogens (tertiary/aromatic N) is 2. The topological polar surface area (TPSA) is 54.3 Å². The maximum atomic E-state index is 13.3. The second-order valence-corrected chi connectivity index (χ2v) is 9.36. The van der Waals surface area contributed by atoms with E-state index in [1.165, 1.54) is 22.7 Å². The SMILES string of the molecule is CC(=O)N1CC2=C(C1=O)[C@H](c1ccsc1)c1cn(CCC(C)C)c3cccc(c13)N2. The van der Waals surface area contributed by atoms with E-state index in [1.807, 2.05) is 0 Å². The lowest BCUT2D eigenvalue weighted by Crippen LogP contribution is -2.33. The molecule has 154 valence electrons. The van der Waals surface area contributed by atoms with Gasteiger partial charge in [-0.1, -0.05) is 19.9 Å². The van der Waals surface area contributed by atoms with E-state index in [0.29, 0.717) is 18.0 Å². The molecule has 0 bridgehead atoms. The second-order valence-electron chi connectivity index (χ2n) is 8.58. The molecule has 2 amide bonds.